The molecule has 1 aliphatic rings. The normalized spacial score (nSPS) is 23.4. The molecule has 2 atom stereocenters. The summed E-state index contributed by atoms with van der Waals surface area (Å²) in [7, 11) is 3.16. The van der Waals surface area contributed by atoms with Crippen LogP contribution >= 0.6 is 0 Å². The average molecular weight is 334 g/mol. The van der Waals surface area contributed by atoms with Crippen LogP contribution in [0.4, 0.5) is 0 Å². The molecule has 1 aromatic carbocycles. The molecule has 1 aliphatic heterocycles. The number of carbonyl (C=O) groups is 1. The highest BCUT2D eigenvalue weighted by Gasteiger charge is 2.22. The fourth-order valence-electron chi connectivity index (χ4n) is 2.85. The SMILES string of the molecule is COCOC1CCOC(=O)c2c(cccc2OC)C/C=C/CC1C. The number of hydrogen-bond donors (Lipinski definition) is 0. The number of cyclic esters (lactones) is 1. The summed E-state index contributed by atoms with van der Waals surface area (Å²) in [5, 5.41) is 0. The van der Waals surface area contributed by atoms with Gasteiger partial charge in [-0.25, -0.2) is 4.79 Å². The molecule has 2 rings (SSSR count). The van der Waals surface area contributed by atoms with Crippen molar-refractivity contribution in [3.8, 4) is 5.75 Å². The van der Waals surface area contributed by atoms with Crippen LogP contribution in [0.15, 0.2) is 30.4 Å². The molecule has 2 unspecified atom stereocenters. The molecule has 1 aromatic rings. The number of allylic oxidation sites excluding steroid dienone is 2. The van der Waals surface area contributed by atoms with E-state index in [0.29, 0.717) is 36.7 Å². The van der Waals surface area contributed by atoms with Crippen molar-refractivity contribution in [3.63, 3.8) is 0 Å². The second kappa shape index (κ2) is 9.45. The molecule has 0 aliphatic carbocycles. The zero-order valence-corrected chi connectivity index (χ0v) is 14.6. The molecule has 0 spiro atoms. The smallest absolute Gasteiger partial charge is 0.342 e. The van der Waals surface area contributed by atoms with Gasteiger partial charge in [0, 0.05) is 13.5 Å². The van der Waals surface area contributed by atoms with Crippen molar-refractivity contribution in [2.45, 2.75) is 32.3 Å². The van der Waals surface area contributed by atoms with E-state index < -0.39 is 0 Å². The number of methoxy groups -OCH3 is 2. The standard InChI is InChI=1S/C19H26O5/c1-14-7-4-5-8-15-9-6-10-17(22-3)18(15)19(20)23-12-11-16(14)24-13-21-2/h4-6,9-10,14,16H,7-8,11-13H2,1-3H3/b5-4+. The van der Waals surface area contributed by atoms with Crippen molar-refractivity contribution in [2.24, 2.45) is 5.92 Å². The number of rotatable bonds is 4. The molecule has 0 aromatic heterocycles. The van der Waals surface area contributed by atoms with E-state index in [1.807, 2.05) is 12.1 Å². The summed E-state index contributed by atoms with van der Waals surface area (Å²) < 4.78 is 21.5. The van der Waals surface area contributed by atoms with Crippen molar-refractivity contribution in [2.75, 3.05) is 27.6 Å². The van der Waals surface area contributed by atoms with Gasteiger partial charge in [0.15, 0.2) is 0 Å². The first-order valence-electron chi connectivity index (χ1n) is 8.26. The van der Waals surface area contributed by atoms with Crippen LogP contribution in [0.5, 0.6) is 5.75 Å². The number of carbonyl (C=O) groups excluding carboxylic acids is 1. The molecule has 0 bridgehead atoms. The summed E-state index contributed by atoms with van der Waals surface area (Å²) in [4.78, 5) is 12.5. The van der Waals surface area contributed by atoms with E-state index >= 15 is 0 Å². The van der Waals surface area contributed by atoms with Gasteiger partial charge in [0.25, 0.3) is 0 Å². The van der Waals surface area contributed by atoms with Crippen molar-refractivity contribution >= 4 is 5.97 Å². The van der Waals surface area contributed by atoms with Gasteiger partial charge in [0.2, 0.25) is 0 Å². The molecule has 0 N–H and O–H groups in total. The highest BCUT2D eigenvalue weighted by molar-refractivity contribution is 5.94. The lowest BCUT2D eigenvalue weighted by Crippen LogP contribution is -2.25. The van der Waals surface area contributed by atoms with Gasteiger partial charge in [-0.1, -0.05) is 31.2 Å². The van der Waals surface area contributed by atoms with Crippen LogP contribution in [-0.4, -0.2) is 39.7 Å². The van der Waals surface area contributed by atoms with Crippen LogP contribution in [0.2, 0.25) is 0 Å². The minimum absolute atomic E-state index is 0.0148. The van der Waals surface area contributed by atoms with E-state index in [1.165, 1.54) is 0 Å². The van der Waals surface area contributed by atoms with Crippen molar-refractivity contribution < 1.29 is 23.7 Å². The van der Waals surface area contributed by atoms with Crippen LogP contribution in [-0.2, 0) is 20.6 Å². The van der Waals surface area contributed by atoms with Crippen LogP contribution < -0.4 is 4.74 Å². The number of fused-ring (bicyclic) bond motifs is 1. The largest absolute Gasteiger partial charge is 0.496 e. The van der Waals surface area contributed by atoms with E-state index in [9.17, 15) is 4.79 Å². The zero-order chi connectivity index (χ0) is 17.4. The Bertz CT molecular complexity index is 567. The highest BCUT2D eigenvalue weighted by Crippen LogP contribution is 2.25. The minimum atomic E-state index is -0.352. The summed E-state index contributed by atoms with van der Waals surface area (Å²) in [6.45, 7) is 2.68. The van der Waals surface area contributed by atoms with Gasteiger partial charge in [-0.2, -0.15) is 0 Å². The summed E-state index contributed by atoms with van der Waals surface area (Å²) in [6, 6.07) is 5.60. The maximum absolute atomic E-state index is 12.5. The summed E-state index contributed by atoms with van der Waals surface area (Å²) in [5.41, 5.74) is 1.42. The predicted molar refractivity (Wildman–Crippen MR) is 91.3 cm³/mol. The third-order valence-electron chi connectivity index (χ3n) is 4.22. The minimum Gasteiger partial charge on any atom is -0.496 e. The third-order valence-corrected chi connectivity index (χ3v) is 4.22. The van der Waals surface area contributed by atoms with E-state index in [1.54, 1.807) is 20.3 Å². The highest BCUT2D eigenvalue weighted by atomic mass is 16.7. The first kappa shape index (κ1) is 18.5. The second-order valence-corrected chi connectivity index (χ2v) is 5.92. The van der Waals surface area contributed by atoms with E-state index in [4.69, 9.17) is 18.9 Å². The predicted octanol–water partition coefficient (Wildman–Crippen LogP) is 3.37. The van der Waals surface area contributed by atoms with Crippen molar-refractivity contribution in [1.82, 2.24) is 0 Å². The molecule has 1 heterocycles. The van der Waals surface area contributed by atoms with E-state index in [2.05, 4.69) is 19.1 Å². The van der Waals surface area contributed by atoms with Crippen LogP contribution in [0.1, 0.15) is 35.7 Å². The van der Waals surface area contributed by atoms with Crippen LogP contribution in [0.3, 0.4) is 0 Å². The van der Waals surface area contributed by atoms with Gasteiger partial charge >= 0.3 is 5.97 Å². The van der Waals surface area contributed by atoms with Crippen molar-refractivity contribution in [1.29, 1.82) is 0 Å². The Balaban J connectivity index is 2.21. The van der Waals surface area contributed by atoms with Crippen LogP contribution in [0.25, 0.3) is 0 Å². The quantitative estimate of drug-likeness (QED) is 0.480. The molecule has 0 saturated carbocycles. The summed E-state index contributed by atoms with van der Waals surface area (Å²) >= 11 is 0. The zero-order valence-electron chi connectivity index (χ0n) is 14.6. The third kappa shape index (κ3) is 4.82. The number of hydrogen-bond acceptors (Lipinski definition) is 5. The number of ether oxygens (including phenoxy) is 4. The maximum atomic E-state index is 12.5. The number of esters is 1. The maximum Gasteiger partial charge on any atom is 0.342 e. The van der Waals surface area contributed by atoms with Gasteiger partial charge in [0.05, 0.1) is 19.8 Å². The van der Waals surface area contributed by atoms with Crippen molar-refractivity contribution in [3.05, 3.63) is 41.5 Å². The molecule has 5 nitrogen and oxygen atoms in total. The lowest BCUT2D eigenvalue weighted by molar-refractivity contribution is -0.0951. The van der Waals surface area contributed by atoms with E-state index in [-0.39, 0.29) is 18.9 Å². The molecular formula is C19H26O5. The fourth-order valence-corrected chi connectivity index (χ4v) is 2.85. The topological polar surface area (TPSA) is 54.0 Å². The summed E-state index contributed by atoms with van der Waals surface area (Å²) in [6.07, 6.45) is 6.41. The first-order chi connectivity index (χ1) is 11.7. The summed E-state index contributed by atoms with van der Waals surface area (Å²) in [5.74, 6) is 0.511. The second-order valence-electron chi connectivity index (χ2n) is 5.92. The number of benzene rings is 1. The first-order valence-corrected chi connectivity index (χ1v) is 8.26. The Morgan fingerprint density at radius 2 is 2.08 bits per heavy atom. The monoisotopic (exact) mass is 334 g/mol. The van der Waals surface area contributed by atoms with Gasteiger partial charge in [-0.05, 0) is 30.4 Å². The van der Waals surface area contributed by atoms with E-state index in [0.717, 1.165) is 12.0 Å². The van der Waals surface area contributed by atoms with Gasteiger partial charge in [-0.3, -0.25) is 0 Å². The molecule has 5 heteroatoms. The van der Waals surface area contributed by atoms with Gasteiger partial charge in [0.1, 0.15) is 18.1 Å². The lowest BCUT2D eigenvalue weighted by atomic mass is 9.96. The van der Waals surface area contributed by atoms with Crippen LogP contribution in [0, 0.1) is 5.92 Å². The Kier molecular flexibility index (Phi) is 7.28. The molecule has 0 amide bonds. The molecule has 0 saturated heterocycles. The average Bonchev–Trinajstić information content (AvgIpc) is 2.59. The molecule has 24 heavy (non-hydrogen) atoms. The Morgan fingerprint density at radius 1 is 1.25 bits per heavy atom. The molecule has 0 fully saturated rings. The lowest BCUT2D eigenvalue weighted by Gasteiger charge is -2.23. The Labute approximate surface area is 143 Å². The Morgan fingerprint density at radius 3 is 2.83 bits per heavy atom. The molecule has 0 radical (unpaired) electrons. The molecular weight excluding hydrogens is 308 g/mol. The van der Waals surface area contributed by atoms with Gasteiger partial charge in [-0.15, -0.1) is 0 Å². The Hall–Kier alpha value is -1.85. The fraction of sp³-hybridized carbons (Fsp3) is 0.526. The van der Waals surface area contributed by atoms with Gasteiger partial charge < -0.3 is 18.9 Å². The molecule has 132 valence electrons.